The molecule has 1 saturated heterocycles. The minimum atomic E-state index is 0.0357. The summed E-state index contributed by atoms with van der Waals surface area (Å²) < 4.78 is 0. The summed E-state index contributed by atoms with van der Waals surface area (Å²) in [5, 5.41) is 0. The fourth-order valence-corrected chi connectivity index (χ4v) is 3.63. The Bertz CT molecular complexity index is 645. The van der Waals surface area contributed by atoms with Crippen LogP contribution in [0.3, 0.4) is 0 Å². The maximum atomic E-state index is 12.6. The molecule has 3 rings (SSSR count). The van der Waals surface area contributed by atoms with Crippen molar-refractivity contribution < 1.29 is 4.79 Å². The largest absolute Gasteiger partial charge is 0.338 e. The highest BCUT2D eigenvalue weighted by Gasteiger charge is 2.24. The summed E-state index contributed by atoms with van der Waals surface area (Å²) in [6, 6.07) is 3.75. The fourth-order valence-electron chi connectivity index (χ4n) is 2.89. The molecular weight excluding hydrogens is 308 g/mol. The number of hydrogen-bond donors (Lipinski definition) is 0. The summed E-state index contributed by atoms with van der Waals surface area (Å²) in [6.45, 7) is 1.66. The van der Waals surface area contributed by atoms with Crippen LogP contribution in [0.5, 0.6) is 0 Å². The minimum Gasteiger partial charge on any atom is -0.338 e. The maximum absolute atomic E-state index is 12.6. The normalized spacial score (nSPS) is 18.0. The Morgan fingerprint density at radius 3 is 2.87 bits per heavy atom. The molecule has 6 heteroatoms. The second-order valence-electron chi connectivity index (χ2n) is 5.75. The second-order valence-corrected chi connectivity index (χ2v) is 6.66. The monoisotopic (exact) mass is 328 g/mol. The molecule has 0 saturated carbocycles. The summed E-state index contributed by atoms with van der Waals surface area (Å²) in [5.41, 5.74) is 1.41. The van der Waals surface area contributed by atoms with E-state index in [4.69, 9.17) is 0 Å². The van der Waals surface area contributed by atoms with Crippen LogP contribution in [0, 0.1) is 5.92 Å². The molecule has 0 unspecified atom stereocenters. The zero-order valence-electron chi connectivity index (χ0n) is 13.2. The fraction of sp³-hybridized carbons (Fsp3) is 0.412. The predicted octanol–water partition coefficient (Wildman–Crippen LogP) is 2.75. The van der Waals surface area contributed by atoms with E-state index in [2.05, 4.69) is 21.2 Å². The highest BCUT2D eigenvalue weighted by molar-refractivity contribution is 7.98. The van der Waals surface area contributed by atoms with Gasteiger partial charge in [-0.25, -0.2) is 9.97 Å². The third-order valence-electron chi connectivity index (χ3n) is 4.03. The van der Waals surface area contributed by atoms with E-state index < -0.39 is 0 Å². The first-order valence-electron chi connectivity index (χ1n) is 7.78. The van der Waals surface area contributed by atoms with Gasteiger partial charge in [-0.1, -0.05) is 0 Å². The van der Waals surface area contributed by atoms with Crippen LogP contribution in [-0.4, -0.2) is 50.9 Å². The molecule has 1 aliphatic heterocycles. The van der Waals surface area contributed by atoms with Gasteiger partial charge in [-0.15, -0.1) is 0 Å². The molecule has 0 N–H and O–H groups in total. The van der Waals surface area contributed by atoms with Crippen molar-refractivity contribution in [2.45, 2.75) is 12.8 Å². The first kappa shape index (κ1) is 15.9. The van der Waals surface area contributed by atoms with Gasteiger partial charge in [-0.2, -0.15) is 11.8 Å². The smallest absolute Gasteiger partial charge is 0.257 e. The van der Waals surface area contributed by atoms with Crippen molar-refractivity contribution in [2.75, 3.05) is 25.1 Å². The number of likely N-dealkylation sites (tertiary alicyclic amines) is 1. The molecule has 0 bridgehead atoms. The van der Waals surface area contributed by atoms with Gasteiger partial charge < -0.3 is 4.90 Å². The zero-order valence-corrected chi connectivity index (χ0v) is 14.0. The van der Waals surface area contributed by atoms with Crippen molar-refractivity contribution in [3.05, 3.63) is 42.5 Å². The van der Waals surface area contributed by atoms with Crippen molar-refractivity contribution in [3.8, 4) is 11.4 Å². The molecule has 120 valence electrons. The van der Waals surface area contributed by atoms with Crippen molar-refractivity contribution in [1.82, 2.24) is 19.9 Å². The van der Waals surface area contributed by atoms with Gasteiger partial charge in [0, 0.05) is 43.4 Å². The number of amides is 1. The van der Waals surface area contributed by atoms with Crippen LogP contribution in [0.2, 0.25) is 0 Å². The number of carbonyl (C=O) groups excluding carboxylic acids is 1. The molecule has 1 amide bonds. The third-order valence-corrected chi connectivity index (χ3v) is 4.83. The van der Waals surface area contributed by atoms with E-state index in [9.17, 15) is 4.79 Å². The van der Waals surface area contributed by atoms with Crippen LogP contribution >= 0.6 is 11.8 Å². The Hall–Kier alpha value is -1.95. The minimum absolute atomic E-state index is 0.0357. The van der Waals surface area contributed by atoms with E-state index in [1.54, 1.807) is 24.8 Å². The van der Waals surface area contributed by atoms with E-state index >= 15 is 0 Å². The molecule has 0 aliphatic carbocycles. The van der Waals surface area contributed by atoms with E-state index in [-0.39, 0.29) is 5.91 Å². The lowest BCUT2D eigenvalue weighted by molar-refractivity contribution is 0.0684. The number of nitrogens with zero attached hydrogens (tertiary/aromatic N) is 4. The van der Waals surface area contributed by atoms with Crippen LogP contribution in [-0.2, 0) is 0 Å². The molecule has 2 aromatic rings. The van der Waals surface area contributed by atoms with Gasteiger partial charge in [0.05, 0.1) is 5.56 Å². The van der Waals surface area contributed by atoms with E-state index in [1.807, 2.05) is 28.8 Å². The Morgan fingerprint density at radius 2 is 2.17 bits per heavy atom. The lowest BCUT2D eigenvalue weighted by Crippen LogP contribution is -2.40. The topological polar surface area (TPSA) is 59.0 Å². The van der Waals surface area contributed by atoms with Gasteiger partial charge in [0.1, 0.15) is 0 Å². The lowest BCUT2D eigenvalue weighted by Gasteiger charge is -2.32. The highest BCUT2D eigenvalue weighted by atomic mass is 32.2. The van der Waals surface area contributed by atoms with Gasteiger partial charge in [0.15, 0.2) is 5.82 Å². The quantitative estimate of drug-likeness (QED) is 0.864. The number of aromatic nitrogens is 3. The zero-order chi connectivity index (χ0) is 16.1. The number of rotatable bonds is 4. The van der Waals surface area contributed by atoms with E-state index in [1.165, 1.54) is 6.42 Å². The van der Waals surface area contributed by atoms with Gasteiger partial charge in [0.2, 0.25) is 0 Å². The summed E-state index contributed by atoms with van der Waals surface area (Å²) in [4.78, 5) is 27.3. The SMILES string of the molecule is CSC[C@H]1CCCN(C(=O)c2cnc(-c3cccnc3)nc2)C1. The van der Waals surface area contributed by atoms with Crippen LogP contribution in [0.4, 0.5) is 0 Å². The summed E-state index contributed by atoms with van der Waals surface area (Å²) >= 11 is 1.85. The van der Waals surface area contributed by atoms with Crippen LogP contribution < -0.4 is 0 Å². The Labute approximate surface area is 140 Å². The number of thioether (sulfide) groups is 1. The van der Waals surface area contributed by atoms with Crippen LogP contribution in [0.25, 0.3) is 11.4 Å². The Balaban J connectivity index is 1.70. The van der Waals surface area contributed by atoms with Crippen molar-refractivity contribution in [1.29, 1.82) is 0 Å². The summed E-state index contributed by atoms with van der Waals surface area (Å²) in [5.74, 6) is 2.33. The summed E-state index contributed by atoms with van der Waals surface area (Å²) in [7, 11) is 0. The van der Waals surface area contributed by atoms with Crippen molar-refractivity contribution >= 4 is 17.7 Å². The predicted molar refractivity (Wildman–Crippen MR) is 92.3 cm³/mol. The number of piperidine rings is 1. The molecule has 2 aromatic heterocycles. The Kier molecular flexibility index (Phi) is 5.23. The third kappa shape index (κ3) is 3.88. The highest BCUT2D eigenvalue weighted by Crippen LogP contribution is 2.21. The van der Waals surface area contributed by atoms with E-state index in [0.29, 0.717) is 17.3 Å². The standard InChI is InChI=1S/C17H20N4OS/c1-23-12-13-4-3-7-21(11-13)17(22)15-9-19-16(20-10-15)14-5-2-6-18-8-14/h2,5-6,8-10,13H,3-4,7,11-12H2,1H3/t13-/m0/s1. The molecule has 1 atom stereocenters. The molecule has 3 heterocycles. The molecule has 0 spiro atoms. The molecular formula is C17H20N4OS. The lowest BCUT2D eigenvalue weighted by atomic mass is 9.99. The molecule has 0 aromatic carbocycles. The number of pyridine rings is 1. The molecule has 1 fully saturated rings. The first-order chi connectivity index (χ1) is 11.3. The van der Waals surface area contributed by atoms with Crippen molar-refractivity contribution in [2.24, 2.45) is 5.92 Å². The first-order valence-corrected chi connectivity index (χ1v) is 9.18. The van der Waals surface area contributed by atoms with E-state index in [0.717, 1.165) is 30.8 Å². The van der Waals surface area contributed by atoms with Gasteiger partial charge >= 0.3 is 0 Å². The maximum Gasteiger partial charge on any atom is 0.257 e. The molecule has 1 aliphatic rings. The van der Waals surface area contributed by atoms with Crippen LogP contribution in [0.1, 0.15) is 23.2 Å². The number of hydrogen-bond acceptors (Lipinski definition) is 5. The molecule has 5 nitrogen and oxygen atoms in total. The summed E-state index contributed by atoms with van der Waals surface area (Å²) in [6.07, 6.45) is 11.1. The second kappa shape index (κ2) is 7.55. The average Bonchev–Trinajstić information content (AvgIpc) is 2.62. The van der Waals surface area contributed by atoms with Crippen molar-refractivity contribution in [3.63, 3.8) is 0 Å². The van der Waals surface area contributed by atoms with Gasteiger partial charge in [-0.05, 0) is 42.9 Å². The number of carbonyl (C=O) groups is 1. The van der Waals surface area contributed by atoms with Crippen LogP contribution in [0.15, 0.2) is 36.9 Å². The Morgan fingerprint density at radius 1 is 1.35 bits per heavy atom. The molecule has 0 radical (unpaired) electrons. The van der Waals surface area contributed by atoms with Gasteiger partial charge in [-0.3, -0.25) is 9.78 Å². The average molecular weight is 328 g/mol. The van der Waals surface area contributed by atoms with Gasteiger partial charge in [0.25, 0.3) is 5.91 Å². The molecule has 23 heavy (non-hydrogen) atoms.